The number of unbranched alkanes of at least 4 members (excludes halogenated alkanes) is 1. The number of aliphatic hydroxyl groups excluding tert-OH is 1. The highest BCUT2D eigenvalue weighted by Crippen LogP contribution is 2.37. The number of nitrogens with one attached hydrogen (secondary N) is 1. The highest BCUT2D eigenvalue weighted by Gasteiger charge is 2.24. The molecule has 1 fully saturated rings. The summed E-state index contributed by atoms with van der Waals surface area (Å²) in [6, 6.07) is 18.3. The summed E-state index contributed by atoms with van der Waals surface area (Å²) in [5.74, 6) is 2.30. The molecule has 0 amide bonds. The minimum atomic E-state index is -0.185. The van der Waals surface area contributed by atoms with Gasteiger partial charge in [-0.2, -0.15) is 4.98 Å². The van der Waals surface area contributed by atoms with Crippen LogP contribution in [0.5, 0.6) is 11.5 Å². The van der Waals surface area contributed by atoms with Gasteiger partial charge < -0.3 is 19.7 Å². The van der Waals surface area contributed by atoms with E-state index in [0.29, 0.717) is 12.0 Å². The molecule has 1 saturated carbocycles. The molecule has 0 atom stereocenters. The monoisotopic (exact) mass is 456 g/mol. The number of rotatable bonds is 8. The normalized spacial score (nSPS) is 18.2. The van der Waals surface area contributed by atoms with Gasteiger partial charge in [-0.3, -0.25) is 0 Å². The number of hydrogen-bond acceptors (Lipinski definition) is 5. The molecule has 0 radical (unpaired) electrons. The van der Waals surface area contributed by atoms with Gasteiger partial charge in [-0.1, -0.05) is 43.7 Å². The molecule has 2 N–H and O–H groups in total. The standard InChI is InChI=1S/C28H32N4O2/c1-2-3-17-29-28-30-18-25-26(19-32(27(25)31-28)21-11-13-22(33)14-12-21)20-9-15-24(16-10-20)34-23-7-5-4-6-8-23/h4-10,15-16,18-19,21-22,33H,2-3,11-14,17H2,1H3,(H,29,30,31). The zero-order valence-electron chi connectivity index (χ0n) is 19.7. The van der Waals surface area contributed by atoms with Crippen molar-refractivity contribution in [3.63, 3.8) is 0 Å². The molecular weight excluding hydrogens is 424 g/mol. The van der Waals surface area contributed by atoms with Crippen LogP contribution in [0.2, 0.25) is 0 Å². The quantitative estimate of drug-likeness (QED) is 0.293. The summed E-state index contributed by atoms with van der Waals surface area (Å²) in [5, 5.41) is 14.4. The van der Waals surface area contributed by atoms with E-state index in [4.69, 9.17) is 9.72 Å². The first-order valence-electron chi connectivity index (χ1n) is 12.3. The fourth-order valence-electron chi connectivity index (χ4n) is 4.66. The van der Waals surface area contributed by atoms with Gasteiger partial charge in [-0.25, -0.2) is 4.98 Å². The molecule has 2 heterocycles. The maximum atomic E-state index is 10.0. The second-order valence-corrected chi connectivity index (χ2v) is 9.06. The number of fused-ring (bicyclic) bond motifs is 1. The number of nitrogens with zero attached hydrogens (tertiary/aromatic N) is 3. The minimum absolute atomic E-state index is 0.185. The smallest absolute Gasteiger partial charge is 0.224 e. The Hall–Kier alpha value is -3.38. The third-order valence-corrected chi connectivity index (χ3v) is 6.59. The average Bonchev–Trinajstić information content (AvgIpc) is 3.25. The molecule has 6 nitrogen and oxygen atoms in total. The molecule has 2 aromatic carbocycles. The number of hydrogen-bond donors (Lipinski definition) is 2. The van der Waals surface area contributed by atoms with Gasteiger partial charge in [0.25, 0.3) is 0 Å². The number of benzene rings is 2. The summed E-state index contributed by atoms with van der Waals surface area (Å²) < 4.78 is 8.27. The van der Waals surface area contributed by atoms with Crippen LogP contribution >= 0.6 is 0 Å². The fourth-order valence-corrected chi connectivity index (χ4v) is 4.66. The largest absolute Gasteiger partial charge is 0.457 e. The maximum absolute atomic E-state index is 10.0. The Morgan fingerprint density at radius 1 is 1.00 bits per heavy atom. The van der Waals surface area contributed by atoms with Gasteiger partial charge in [0.1, 0.15) is 17.1 Å². The van der Waals surface area contributed by atoms with Crippen molar-refractivity contribution in [3.05, 3.63) is 67.0 Å². The van der Waals surface area contributed by atoms with Crippen LogP contribution in [-0.4, -0.2) is 32.3 Å². The summed E-state index contributed by atoms with van der Waals surface area (Å²) in [6.07, 6.45) is 9.76. The van der Waals surface area contributed by atoms with Crippen LogP contribution < -0.4 is 10.1 Å². The summed E-state index contributed by atoms with van der Waals surface area (Å²) in [7, 11) is 0. The third-order valence-electron chi connectivity index (χ3n) is 6.59. The first kappa shape index (κ1) is 22.4. The van der Waals surface area contributed by atoms with Crippen molar-refractivity contribution >= 4 is 17.0 Å². The van der Waals surface area contributed by atoms with E-state index >= 15 is 0 Å². The Morgan fingerprint density at radius 2 is 1.74 bits per heavy atom. The lowest BCUT2D eigenvalue weighted by Gasteiger charge is -2.27. The molecule has 6 heteroatoms. The molecule has 1 aliphatic carbocycles. The Balaban J connectivity index is 1.47. The predicted molar refractivity (Wildman–Crippen MR) is 136 cm³/mol. The fraction of sp³-hybridized carbons (Fsp3) is 0.357. The Kier molecular flexibility index (Phi) is 6.77. The topological polar surface area (TPSA) is 72.2 Å². The lowest BCUT2D eigenvalue weighted by Crippen LogP contribution is -2.21. The van der Waals surface area contributed by atoms with E-state index in [1.54, 1.807) is 0 Å². The van der Waals surface area contributed by atoms with Crippen LogP contribution in [0.1, 0.15) is 51.5 Å². The average molecular weight is 457 g/mol. The Bertz CT molecular complexity index is 1210. The maximum Gasteiger partial charge on any atom is 0.224 e. The van der Waals surface area contributed by atoms with Crippen molar-refractivity contribution in [1.29, 1.82) is 0 Å². The lowest BCUT2D eigenvalue weighted by molar-refractivity contribution is 0.111. The van der Waals surface area contributed by atoms with E-state index in [9.17, 15) is 5.11 Å². The Morgan fingerprint density at radius 3 is 2.47 bits per heavy atom. The highest BCUT2D eigenvalue weighted by atomic mass is 16.5. The van der Waals surface area contributed by atoms with Crippen molar-refractivity contribution < 1.29 is 9.84 Å². The predicted octanol–water partition coefficient (Wildman–Crippen LogP) is 6.58. The van der Waals surface area contributed by atoms with E-state index in [2.05, 4.69) is 40.1 Å². The minimum Gasteiger partial charge on any atom is -0.457 e. The number of para-hydroxylation sites is 1. The Labute approximate surface area is 200 Å². The summed E-state index contributed by atoms with van der Waals surface area (Å²) in [6.45, 7) is 3.05. The molecule has 0 saturated heterocycles. The first-order valence-corrected chi connectivity index (χ1v) is 12.3. The van der Waals surface area contributed by atoms with Crippen molar-refractivity contribution in [2.45, 2.75) is 57.6 Å². The molecule has 176 valence electrons. The van der Waals surface area contributed by atoms with Crippen LogP contribution in [-0.2, 0) is 0 Å². The van der Waals surface area contributed by atoms with Crippen LogP contribution in [0.15, 0.2) is 67.0 Å². The molecule has 0 unspecified atom stereocenters. The van der Waals surface area contributed by atoms with Crippen LogP contribution in [0.3, 0.4) is 0 Å². The molecule has 4 aromatic rings. The molecular formula is C28H32N4O2. The zero-order valence-corrected chi connectivity index (χ0v) is 19.7. The SMILES string of the molecule is CCCCNc1ncc2c(-c3ccc(Oc4ccccc4)cc3)cn(C3CCC(O)CC3)c2n1. The third kappa shape index (κ3) is 4.92. The van der Waals surface area contributed by atoms with Gasteiger partial charge in [-0.15, -0.1) is 0 Å². The number of anilines is 1. The van der Waals surface area contributed by atoms with Crippen LogP contribution in [0, 0.1) is 0 Å². The number of ether oxygens (including phenoxy) is 1. The molecule has 0 spiro atoms. The number of aliphatic hydroxyl groups is 1. The van der Waals surface area contributed by atoms with E-state index in [1.165, 1.54) is 0 Å². The molecule has 34 heavy (non-hydrogen) atoms. The van der Waals surface area contributed by atoms with Gasteiger partial charge >= 0.3 is 0 Å². The molecule has 0 aliphatic heterocycles. The molecule has 0 bridgehead atoms. The zero-order chi connectivity index (χ0) is 23.3. The summed E-state index contributed by atoms with van der Waals surface area (Å²) in [4.78, 5) is 9.52. The van der Waals surface area contributed by atoms with E-state index in [-0.39, 0.29) is 6.10 Å². The van der Waals surface area contributed by atoms with Crippen molar-refractivity contribution in [3.8, 4) is 22.6 Å². The highest BCUT2D eigenvalue weighted by molar-refractivity contribution is 5.94. The van der Waals surface area contributed by atoms with Gasteiger partial charge in [0.05, 0.1) is 6.10 Å². The lowest BCUT2D eigenvalue weighted by atomic mass is 9.93. The van der Waals surface area contributed by atoms with Crippen LogP contribution in [0.25, 0.3) is 22.2 Å². The summed E-state index contributed by atoms with van der Waals surface area (Å²) in [5.41, 5.74) is 3.18. The second-order valence-electron chi connectivity index (χ2n) is 9.06. The second kappa shape index (κ2) is 10.3. The van der Waals surface area contributed by atoms with Crippen LogP contribution in [0.4, 0.5) is 5.95 Å². The van der Waals surface area contributed by atoms with Gasteiger partial charge in [0.15, 0.2) is 0 Å². The van der Waals surface area contributed by atoms with Crippen molar-refractivity contribution in [1.82, 2.24) is 14.5 Å². The van der Waals surface area contributed by atoms with Gasteiger partial charge in [0.2, 0.25) is 5.95 Å². The van der Waals surface area contributed by atoms with Gasteiger partial charge in [-0.05, 0) is 61.9 Å². The molecule has 2 aromatic heterocycles. The van der Waals surface area contributed by atoms with E-state index in [0.717, 1.165) is 78.7 Å². The number of aromatic nitrogens is 3. The summed E-state index contributed by atoms with van der Waals surface area (Å²) >= 11 is 0. The van der Waals surface area contributed by atoms with Crippen molar-refractivity contribution in [2.24, 2.45) is 0 Å². The van der Waals surface area contributed by atoms with E-state index < -0.39 is 0 Å². The van der Waals surface area contributed by atoms with Crippen molar-refractivity contribution in [2.75, 3.05) is 11.9 Å². The van der Waals surface area contributed by atoms with Gasteiger partial charge in [0, 0.05) is 35.9 Å². The van der Waals surface area contributed by atoms with E-state index in [1.807, 2.05) is 48.7 Å². The molecule has 1 aliphatic rings. The first-order chi connectivity index (χ1) is 16.7. The molecule has 5 rings (SSSR count).